The molecule has 1 aliphatic heterocycles. The maximum Gasteiger partial charge on any atom is 0.274 e. The first-order valence-electron chi connectivity index (χ1n) is 9.68. The molecule has 1 aromatic carbocycles. The number of hydrogen-bond donors (Lipinski definition) is 1. The van der Waals surface area contributed by atoms with Gasteiger partial charge in [0.25, 0.3) is 5.56 Å². The van der Waals surface area contributed by atoms with Crippen molar-refractivity contribution in [1.82, 2.24) is 19.6 Å². The van der Waals surface area contributed by atoms with Crippen LogP contribution in [0, 0.1) is 6.92 Å². The summed E-state index contributed by atoms with van der Waals surface area (Å²) < 4.78 is 1.35. The Kier molecular flexibility index (Phi) is 4.59. The van der Waals surface area contributed by atoms with E-state index in [1.54, 1.807) is 0 Å². The van der Waals surface area contributed by atoms with Crippen molar-refractivity contribution in [3.63, 3.8) is 0 Å². The van der Waals surface area contributed by atoms with Crippen LogP contribution in [0.15, 0.2) is 59.7 Å². The SMILES string of the molecule is Cc1cc2nccc(=O)n2nc1N1CCc2ncc(Nc3ccccc3Cl)cc2C1. The number of anilines is 3. The molecule has 7 nitrogen and oxygen atoms in total. The second kappa shape index (κ2) is 7.42. The van der Waals surface area contributed by atoms with Gasteiger partial charge in [0.1, 0.15) is 0 Å². The third-order valence-corrected chi connectivity index (χ3v) is 5.56. The second-order valence-corrected chi connectivity index (χ2v) is 7.72. The lowest BCUT2D eigenvalue weighted by molar-refractivity contribution is 0.686. The van der Waals surface area contributed by atoms with Crippen molar-refractivity contribution in [3.8, 4) is 0 Å². The van der Waals surface area contributed by atoms with Crippen molar-refractivity contribution >= 4 is 34.4 Å². The zero-order valence-electron chi connectivity index (χ0n) is 16.3. The lowest BCUT2D eigenvalue weighted by atomic mass is 10.0. The lowest BCUT2D eigenvalue weighted by Crippen LogP contribution is -2.33. The lowest BCUT2D eigenvalue weighted by Gasteiger charge is -2.30. The molecule has 4 heterocycles. The number of para-hydroxylation sites is 1. The Balaban J connectivity index is 1.47. The molecule has 0 unspecified atom stereocenters. The number of fused-ring (bicyclic) bond motifs is 2. The van der Waals surface area contributed by atoms with Crippen LogP contribution in [0.2, 0.25) is 5.02 Å². The molecule has 0 aliphatic carbocycles. The zero-order valence-corrected chi connectivity index (χ0v) is 17.1. The third kappa shape index (κ3) is 3.37. The molecule has 3 aromatic heterocycles. The van der Waals surface area contributed by atoms with E-state index in [1.165, 1.54) is 16.8 Å². The van der Waals surface area contributed by atoms with Gasteiger partial charge < -0.3 is 10.2 Å². The molecular formula is C22H19ClN6O. The minimum Gasteiger partial charge on any atom is -0.353 e. The molecule has 0 saturated carbocycles. The summed E-state index contributed by atoms with van der Waals surface area (Å²) in [4.78, 5) is 23.2. The van der Waals surface area contributed by atoms with Gasteiger partial charge in [0.15, 0.2) is 11.5 Å². The number of nitrogens with zero attached hydrogens (tertiary/aromatic N) is 5. The largest absolute Gasteiger partial charge is 0.353 e. The number of halogens is 1. The Bertz CT molecular complexity index is 1320. The highest BCUT2D eigenvalue weighted by molar-refractivity contribution is 6.33. The predicted molar refractivity (Wildman–Crippen MR) is 118 cm³/mol. The summed E-state index contributed by atoms with van der Waals surface area (Å²) in [5, 5.41) is 8.58. The number of nitrogens with one attached hydrogen (secondary N) is 1. The Morgan fingerprint density at radius 3 is 2.87 bits per heavy atom. The van der Waals surface area contributed by atoms with Crippen LogP contribution in [-0.2, 0) is 13.0 Å². The van der Waals surface area contributed by atoms with Crippen molar-refractivity contribution in [2.24, 2.45) is 0 Å². The fourth-order valence-electron chi connectivity index (χ4n) is 3.75. The minimum absolute atomic E-state index is 0.188. The summed E-state index contributed by atoms with van der Waals surface area (Å²) in [6.07, 6.45) is 4.15. The molecule has 0 bridgehead atoms. The molecule has 0 amide bonds. The highest BCUT2D eigenvalue weighted by Crippen LogP contribution is 2.29. The van der Waals surface area contributed by atoms with E-state index in [-0.39, 0.29) is 5.56 Å². The maximum absolute atomic E-state index is 12.2. The van der Waals surface area contributed by atoms with Gasteiger partial charge in [-0.05, 0) is 42.3 Å². The fraction of sp³-hybridized carbons (Fsp3) is 0.182. The van der Waals surface area contributed by atoms with E-state index in [0.717, 1.165) is 47.0 Å². The van der Waals surface area contributed by atoms with Gasteiger partial charge in [-0.2, -0.15) is 4.52 Å². The van der Waals surface area contributed by atoms with Gasteiger partial charge in [-0.1, -0.05) is 23.7 Å². The van der Waals surface area contributed by atoms with Crippen LogP contribution in [-0.4, -0.2) is 26.1 Å². The maximum atomic E-state index is 12.2. The first-order chi connectivity index (χ1) is 14.6. The van der Waals surface area contributed by atoms with Gasteiger partial charge in [-0.15, -0.1) is 5.10 Å². The predicted octanol–water partition coefficient (Wildman–Crippen LogP) is 3.75. The average molecular weight is 419 g/mol. The molecule has 150 valence electrons. The van der Waals surface area contributed by atoms with Gasteiger partial charge >= 0.3 is 0 Å². The van der Waals surface area contributed by atoms with E-state index >= 15 is 0 Å². The Morgan fingerprint density at radius 2 is 2.00 bits per heavy atom. The number of hydrogen-bond acceptors (Lipinski definition) is 6. The Morgan fingerprint density at radius 1 is 1.13 bits per heavy atom. The van der Waals surface area contributed by atoms with Gasteiger partial charge in [-0.25, -0.2) is 4.98 Å². The van der Waals surface area contributed by atoms with Crippen LogP contribution in [0.3, 0.4) is 0 Å². The van der Waals surface area contributed by atoms with Gasteiger partial charge in [-0.3, -0.25) is 9.78 Å². The first kappa shape index (κ1) is 18.6. The summed E-state index contributed by atoms with van der Waals surface area (Å²) in [5.41, 5.74) is 5.27. The molecular weight excluding hydrogens is 400 g/mol. The summed E-state index contributed by atoms with van der Waals surface area (Å²) in [6.45, 7) is 3.44. The molecule has 0 radical (unpaired) electrons. The van der Waals surface area contributed by atoms with Crippen LogP contribution < -0.4 is 15.8 Å². The third-order valence-electron chi connectivity index (χ3n) is 5.23. The van der Waals surface area contributed by atoms with Crippen LogP contribution in [0.25, 0.3) is 5.65 Å². The van der Waals surface area contributed by atoms with Crippen LogP contribution in [0.1, 0.15) is 16.8 Å². The van der Waals surface area contributed by atoms with E-state index in [9.17, 15) is 4.79 Å². The Labute approximate surface area is 178 Å². The van der Waals surface area contributed by atoms with Gasteiger partial charge in [0.05, 0.1) is 22.6 Å². The van der Waals surface area contributed by atoms with Crippen molar-refractivity contribution < 1.29 is 0 Å². The summed E-state index contributed by atoms with van der Waals surface area (Å²) in [6, 6.07) is 13.0. The number of aromatic nitrogens is 4. The van der Waals surface area contributed by atoms with Crippen LogP contribution in [0.4, 0.5) is 17.2 Å². The van der Waals surface area contributed by atoms with Crippen molar-refractivity contribution in [3.05, 3.63) is 87.1 Å². The highest BCUT2D eigenvalue weighted by Gasteiger charge is 2.21. The molecule has 4 aromatic rings. The molecule has 8 heteroatoms. The monoisotopic (exact) mass is 418 g/mol. The van der Waals surface area contributed by atoms with Gasteiger partial charge in [0.2, 0.25) is 0 Å². The minimum atomic E-state index is -0.188. The Hall–Kier alpha value is -3.45. The number of pyridine rings is 1. The molecule has 0 fully saturated rings. The molecule has 0 atom stereocenters. The quantitative estimate of drug-likeness (QED) is 0.546. The van der Waals surface area contributed by atoms with E-state index < -0.39 is 0 Å². The highest BCUT2D eigenvalue weighted by atomic mass is 35.5. The molecule has 5 rings (SSSR count). The van der Waals surface area contributed by atoms with Crippen molar-refractivity contribution in [2.75, 3.05) is 16.8 Å². The van der Waals surface area contributed by atoms with E-state index in [0.29, 0.717) is 17.2 Å². The van der Waals surface area contributed by atoms with E-state index in [4.69, 9.17) is 11.6 Å². The zero-order chi connectivity index (χ0) is 20.7. The number of benzene rings is 1. The average Bonchev–Trinajstić information content (AvgIpc) is 2.75. The van der Waals surface area contributed by atoms with Gasteiger partial charge in [0, 0.05) is 37.5 Å². The summed E-state index contributed by atoms with van der Waals surface area (Å²) in [7, 11) is 0. The number of aryl methyl sites for hydroxylation is 1. The van der Waals surface area contributed by atoms with E-state index in [2.05, 4.69) is 31.3 Å². The fourth-order valence-corrected chi connectivity index (χ4v) is 3.94. The summed E-state index contributed by atoms with van der Waals surface area (Å²) >= 11 is 6.27. The van der Waals surface area contributed by atoms with Crippen molar-refractivity contribution in [2.45, 2.75) is 19.9 Å². The van der Waals surface area contributed by atoms with E-state index in [1.807, 2.05) is 43.5 Å². The van der Waals surface area contributed by atoms with Crippen molar-refractivity contribution in [1.29, 1.82) is 0 Å². The van der Waals surface area contributed by atoms with Crippen LogP contribution >= 0.6 is 11.6 Å². The molecule has 1 N–H and O–H groups in total. The molecule has 1 aliphatic rings. The molecule has 0 saturated heterocycles. The smallest absolute Gasteiger partial charge is 0.274 e. The standard InChI is InChI=1S/C22H19ClN6O/c1-14-10-20-24-8-6-21(30)29(20)27-22(14)28-9-7-18-15(13-28)11-16(12-25-18)26-19-5-3-2-4-17(19)23/h2-6,8,10-12,26H,7,9,13H2,1H3. The van der Waals surface area contributed by atoms with Crippen LogP contribution in [0.5, 0.6) is 0 Å². The topological polar surface area (TPSA) is 75.4 Å². The second-order valence-electron chi connectivity index (χ2n) is 7.31. The summed E-state index contributed by atoms with van der Waals surface area (Å²) in [5.74, 6) is 0.785. The first-order valence-corrected chi connectivity index (χ1v) is 10.1. The number of rotatable bonds is 3. The molecule has 0 spiro atoms. The molecule has 30 heavy (non-hydrogen) atoms. The normalized spacial score (nSPS) is 13.3.